The van der Waals surface area contributed by atoms with E-state index in [1.165, 1.54) is 39.4 Å². The van der Waals surface area contributed by atoms with Gasteiger partial charge in [0.2, 0.25) is 15.9 Å². The zero-order valence-corrected chi connectivity index (χ0v) is 13.8. The number of methoxy groups -OCH3 is 1. The van der Waals surface area contributed by atoms with Crippen molar-refractivity contribution in [2.45, 2.75) is 25.2 Å². The molecule has 0 heterocycles. The predicted molar refractivity (Wildman–Crippen MR) is 82.0 cm³/mol. The highest BCUT2D eigenvalue weighted by Gasteiger charge is 2.20. The molecule has 1 unspecified atom stereocenters. The van der Waals surface area contributed by atoms with Gasteiger partial charge >= 0.3 is 0 Å². The highest BCUT2D eigenvalue weighted by atomic mass is 32.2. The Hall–Kier alpha value is -1.60. The van der Waals surface area contributed by atoms with Crippen LogP contribution < -0.4 is 10.1 Å². The number of carbonyl (C=O) groups excluding carboxylic acids is 1. The molecule has 0 radical (unpaired) electrons. The summed E-state index contributed by atoms with van der Waals surface area (Å²) in [6.45, 7) is 3.72. The summed E-state index contributed by atoms with van der Waals surface area (Å²) in [5.41, 5.74) is 0.353. The van der Waals surface area contributed by atoms with Gasteiger partial charge in [-0.15, -0.1) is 0 Å². The first-order chi connectivity index (χ1) is 9.73. The molecule has 1 atom stereocenters. The second-order valence-electron chi connectivity index (χ2n) is 4.95. The molecule has 7 heteroatoms. The van der Waals surface area contributed by atoms with Gasteiger partial charge in [0.25, 0.3) is 0 Å². The number of hydrogen-bond acceptors (Lipinski definition) is 4. The first-order valence-corrected chi connectivity index (χ1v) is 8.09. The van der Waals surface area contributed by atoms with Crippen LogP contribution in [-0.2, 0) is 14.8 Å². The van der Waals surface area contributed by atoms with Crippen molar-refractivity contribution in [3.8, 4) is 5.75 Å². The first-order valence-electron chi connectivity index (χ1n) is 6.65. The van der Waals surface area contributed by atoms with Crippen molar-refractivity contribution in [1.82, 2.24) is 4.31 Å². The topological polar surface area (TPSA) is 75.7 Å². The molecule has 1 aromatic carbocycles. The molecular formula is C14H22N2O4S. The zero-order chi connectivity index (χ0) is 16.2. The van der Waals surface area contributed by atoms with E-state index in [0.29, 0.717) is 17.9 Å². The van der Waals surface area contributed by atoms with Crippen LogP contribution in [0.4, 0.5) is 5.69 Å². The Morgan fingerprint density at radius 2 is 2.00 bits per heavy atom. The summed E-state index contributed by atoms with van der Waals surface area (Å²) in [7, 11) is 0.818. The molecule has 0 saturated heterocycles. The fraction of sp³-hybridized carbons (Fsp3) is 0.500. The van der Waals surface area contributed by atoms with Gasteiger partial charge in [0.1, 0.15) is 5.75 Å². The van der Waals surface area contributed by atoms with Crippen LogP contribution in [-0.4, -0.2) is 39.8 Å². The molecule has 0 saturated carbocycles. The summed E-state index contributed by atoms with van der Waals surface area (Å²) in [6.07, 6.45) is 0.698. The van der Waals surface area contributed by atoms with Gasteiger partial charge in [0, 0.05) is 20.0 Å². The molecular weight excluding hydrogens is 292 g/mol. The molecule has 21 heavy (non-hydrogen) atoms. The van der Waals surface area contributed by atoms with Crippen LogP contribution in [0.15, 0.2) is 23.1 Å². The zero-order valence-electron chi connectivity index (χ0n) is 13.0. The summed E-state index contributed by atoms with van der Waals surface area (Å²) < 4.78 is 30.5. The highest BCUT2D eigenvalue weighted by Crippen LogP contribution is 2.29. The molecule has 0 aliphatic heterocycles. The number of anilines is 1. The van der Waals surface area contributed by atoms with E-state index in [1.807, 2.05) is 13.8 Å². The molecule has 118 valence electrons. The maximum absolute atomic E-state index is 12.1. The normalized spacial score (nSPS) is 13.0. The van der Waals surface area contributed by atoms with Gasteiger partial charge in [-0.05, 0) is 24.6 Å². The number of amides is 1. The molecule has 1 N–H and O–H groups in total. The highest BCUT2D eigenvalue weighted by molar-refractivity contribution is 7.89. The average molecular weight is 314 g/mol. The summed E-state index contributed by atoms with van der Waals surface area (Å²) in [6, 6.07) is 4.39. The van der Waals surface area contributed by atoms with Crippen LogP contribution in [0.25, 0.3) is 0 Å². The molecule has 0 aromatic heterocycles. The molecule has 0 aliphatic carbocycles. The van der Waals surface area contributed by atoms with Crippen LogP contribution in [0.1, 0.15) is 20.3 Å². The van der Waals surface area contributed by atoms with Crippen molar-refractivity contribution in [2.24, 2.45) is 5.92 Å². The fourth-order valence-corrected chi connectivity index (χ4v) is 2.53. The summed E-state index contributed by atoms with van der Waals surface area (Å²) in [5.74, 6) is 0.0865. The van der Waals surface area contributed by atoms with Gasteiger partial charge in [-0.3, -0.25) is 4.79 Å². The number of ether oxygens (including phenoxy) is 1. The fourth-order valence-electron chi connectivity index (χ4n) is 1.60. The Labute approximate surface area is 126 Å². The SMILES string of the molecule is CCC(C)C(=O)Nc1cc(S(=O)(=O)N(C)C)ccc1OC. The van der Waals surface area contributed by atoms with Crippen molar-refractivity contribution in [3.05, 3.63) is 18.2 Å². The average Bonchev–Trinajstić information content (AvgIpc) is 2.45. The molecule has 0 fully saturated rings. The Morgan fingerprint density at radius 3 is 2.48 bits per heavy atom. The third-order valence-corrected chi connectivity index (χ3v) is 5.08. The molecule has 1 amide bonds. The summed E-state index contributed by atoms with van der Waals surface area (Å²) in [5, 5.41) is 2.72. The maximum atomic E-state index is 12.1. The van der Waals surface area contributed by atoms with Crippen LogP contribution >= 0.6 is 0 Å². The standard InChI is InChI=1S/C14H22N2O4S/c1-6-10(2)14(17)15-12-9-11(7-8-13(12)20-5)21(18,19)16(3)4/h7-10H,6H2,1-5H3,(H,15,17). The minimum Gasteiger partial charge on any atom is -0.495 e. The summed E-state index contributed by atoms with van der Waals surface area (Å²) in [4.78, 5) is 12.1. The van der Waals surface area contributed by atoms with Gasteiger partial charge in [-0.2, -0.15) is 0 Å². The van der Waals surface area contributed by atoms with Crippen molar-refractivity contribution >= 4 is 21.6 Å². The minimum atomic E-state index is -3.56. The molecule has 0 spiro atoms. The number of nitrogens with one attached hydrogen (secondary N) is 1. The van der Waals surface area contributed by atoms with Gasteiger partial charge in [0.05, 0.1) is 17.7 Å². The van der Waals surface area contributed by atoms with E-state index in [9.17, 15) is 13.2 Å². The van der Waals surface area contributed by atoms with E-state index in [2.05, 4.69) is 5.32 Å². The van der Waals surface area contributed by atoms with Crippen molar-refractivity contribution in [2.75, 3.05) is 26.5 Å². The van der Waals surface area contributed by atoms with Crippen LogP contribution in [0, 0.1) is 5.92 Å². The monoisotopic (exact) mass is 314 g/mol. The molecule has 1 aromatic rings. The lowest BCUT2D eigenvalue weighted by Gasteiger charge is -2.16. The van der Waals surface area contributed by atoms with E-state index >= 15 is 0 Å². The number of sulfonamides is 1. The predicted octanol–water partition coefficient (Wildman–Crippen LogP) is 1.93. The largest absolute Gasteiger partial charge is 0.495 e. The van der Waals surface area contributed by atoms with Gasteiger partial charge in [-0.25, -0.2) is 12.7 Å². The lowest BCUT2D eigenvalue weighted by molar-refractivity contribution is -0.119. The smallest absolute Gasteiger partial charge is 0.242 e. The Bertz CT molecular complexity index is 611. The Kier molecular flexibility index (Phi) is 5.74. The number of benzene rings is 1. The second-order valence-corrected chi connectivity index (χ2v) is 7.10. The lowest BCUT2D eigenvalue weighted by Crippen LogP contribution is -2.23. The third kappa shape index (κ3) is 3.95. The van der Waals surface area contributed by atoms with Crippen LogP contribution in [0.3, 0.4) is 0 Å². The van der Waals surface area contributed by atoms with E-state index in [1.54, 1.807) is 0 Å². The minimum absolute atomic E-state index is 0.104. The van der Waals surface area contributed by atoms with E-state index in [-0.39, 0.29) is 16.7 Å². The van der Waals surface area contributed by atoms with Crippen LogP contribution in [0.5, 0.6) is 5.75 Å². The van der Waals surface area contributed by atoms with Crippen molar-refractivity contribution in [3.63, 3.8) is 0 Å². The maximum Gasteiger partial charge on any atom is 0.242 e. The number of carbonyl (C=O) groups is 1. The molecule has 0 aliphatic rings. The lowest BCUT2D eigenvalue weighted by atomic mass is 10.1. The van der Waals surface area contributed by atoms with E-state index in [0.717, 1.165) is 4.31 Å². The molecule has 0 bridgehead atoms. The number of hydrogen-bond donors (Lipinski definition) is 1. The Morgan fingerprint density at radius 1 is 1.38 bits per heavy atom. The van der Waals surface area contributed by atoms with E-state index < -0.39 is 10.0 Å². The van der Waals surface area contributed by atoms with Gasteiger partial charge in [-0.1, -0.05) is 13.8 Å². The van der Waals surface area contributed by atoms with Gasteiger partial charge < -0.3 is 10.1 Å². The number of rotatable bonds is 6. The van der Waals surface area contributed by atoms with Crippen molar-refractivity contribution in [1.29, 1.82) is 0 Å². The quantitative estimate of drug-likeness (QED) is 0.870. The molecule has 6 nitrogen and oxygen atoms in total. The van der Waals surface area contributed by atoms with Crippen LogP contribution in [0.2, 0.25) is 0 Å². The second kappa shape index (κ2) is 6.91. The summed E-state index contributed by atoms with van der Waals surface area (Å²) >= 11 is 0. The first kappa shape index (κ1) is 17.5. The molecule has 1 rings (SSSR count). The number of nitrogens with zero attached hydrogens (tertiary/aromatic N) is 1. The third-order valence-electron chi connectivity index (χ3n) is 3.27. The van der Waals surface area contributed by atoms with Crippen molar-refractivity contribution < 1.29 is 17.9 Å². The Balaban J connectivity index is 3.22. The van der Waals surface area contributed by atoms with E-state index in [4.69, 9.17) is 4.74 Å². The van der Waals surface area contributed by atoms with Gasteiger partial charge in [0.15, 0.2) is 0 Å².